The summed E-state index contributed by atoms with van der Waals surface area (Å²) in [5, 5.41) is 20.9. The molecule has 1 atom stereocenters. The third kappa shape index (κ3) is 5.70. The van der Waals surface area contributed by atoms with Gasteiger partial charge in [-0.1, -0.05) is 12.1 Å². The predicted octanol–water partition coefficient (Wildman–Crippen LogP) is 2.31. The number of phenols is 1. The number of carboxylic acid groups (broad SMARTS) is 1. The lowest BCUT2D eigenvalue weighted by atomic mass is 10.0. The monoisotopic (exact) mass is 359 g/mol. The third-order valence-corrected chi connectivity index (χ3v) is 3.75. The number of ketones is 1. The molecule has 0 heterocycles. The molecule has 0 bridgehead atoms. The number of rotatable bonds is 8. The molecule has 6 nitrogen and oxygen atoms in total. The molecule has 26 heavy (non-hydrogen) atoms. The van der Waals surface area contributed by atoms with Crippen LogP contribution in [-0.4, -0.2) is 33.9 Å². The second-order valence-electron chi connectivity index (χ2n) is 5.76. The van der Waals surface area contributed by atoms with Crippen LogP contribution in [0.5, 0.6) is 5.75 Å². The van der Waals surface area contributed by atoms with Crippen molar-refractivity contribution in [1.29, 1.82) is 0 Å². The highest BCUT2D eigenvalue weighted by Gasteiger charge is 2.21. The van der Waals surface area contributed by atoms with Crippen LogP contribution in [0.2, 0.25) is 0 Å². The molecule has 0 aliphatic heterocycles. The van der Waals surface area contributed by atoms with Crippen molar-refractivity contribution in [3.8, 4) is 5.75 Å². The lowest BCUT2D eigenvalue weighted by molar-refractivity contribution is -0.141. The maximum absolute atomic E-state index is 12.8. The molecule has 1 unspecified atom stereocenters. The first-order valence-corrected chi connectivity index (χ1v) is 7.94. The maximum Gasteiger partial charge on any atom is 0.326 e. The Morgan fingerprint density at radius 3 is 2.15 bits per heavy atom. The van der Waals surface area contributed by atoms with E-state index in [4.69, 9.17) is 0 Å². The number of hydrogen-bond donors (Lipinski definition) is 3. The zero-order valence-corrected chi connectivity index (χ0v) is 13.8. The van der Waals surface area contributed by atoms with Crippen molar-refractivity contribution in [3.63, 3.8) is 0 Å². The predicted molar refractivity (Wildman–Crippen MR) is 91.3 cm³/mol. The van der Waals surface area contributed by atoms with E-state index in [1.807, 2.05) is 0 Å². The summed E-state index contributed by atoms with van der Waals surface area (Å²) < 4.78 is 12.8. The summed E-state index contributed by atoms with van der Waals surface area (Å²) >= 11 is 0. The molecule has 0 fully saturated rings. The first kappa shape index (κ1) is 19.1. The molecular formula is C19H18FNO5. The highest BCUT2D eigenvalue weighted by Crippen LogP contribution is 2.12. The molecule has 0 aromatic heterocycles. The smallest absolute Gasteiger partial charge is 0.326 e. The second kappa shape index (κ2) is 8.75. The van der Waals surface area contributed by atoms with E-state index in [0.717, 1.165) is 12.1 Å². The zero-order chi connectivity index (χ0) is 19.1. The van der Waals surface area contributed by atoms with Crippen LogP contribution in [0, 0.1) is 5.82 Å². The van der Waals surface area contributed by atoms with E-state index in [9.17, 15) is 29.0 Å². The lowest BCUT2D eigenvalue weighted by Gasteiger charge is -2.14. The van der Waals surface area contributed by atoms with Crippen molar-refractivity contribution in [2.75, 3.05) is 0 Å². The van der Waals surface area contributed by atoms with E-state index in [1.54, 1.807) is 12.1 Å². The van der Waals surface area contributed by atoms with Crippen LogP contribution < -0.4 is 5.32 Å². The van der Waals surface area contributed by atoms with Crippen LogP contribution in [0.25, 0.3) is 0 Å². The number of nitrogens with one attached hydrogen (secondary N) is 1. The molecule has 136 valence electrons. The van der Waals surface area contributed by atoms with Crippen molar-refractivity contribution >= 4 is 17.7 Å². The number of halogens is 1. The number of hydrogen-bond acceptors (Lipinski definition) is 4. The summed E-state index contributed by atoms with van der Waals surface area (Å²) in [6.07, 6.45) is -0.230. The average molecular weight is 359 g/mol. The van der Waals surface area contributed by atoms with E-state index < -0.39 is 23.7 Å². The number of amides is 1. The molecule has 0 aliphatic rings. The van der Waals surface area contributed by atoms with Gasteiger partial charge in [0, 0.05) is 24.8 Å². The van der Waals surface area contributed by atoms with Crippen molar-refractivity contribution in [1.82, 2.24) is 5.32 Å². The molecule has 0 aliphatic carbocycles. The van der Waals surface area contributed by atoms with Crippen molar-refractivity contribution in [2.24, 2.45) is 0 Å². The van der Waals surface area contributed by atoms with Crippen molar-refractivity contribution in [3.05, 3.63) is 65.5 Å². The van der Waals surface area contributed by atoms with Gasteiger partial charge in [0.1, 0.15) is 17.6 Å². The molecule has 1 amide bonds. The fourth-order valence-electron chi connectivity index (χ4n) is 2.34. The van der Waals surface area contributed by atoms with Crippen LogP contribution in [0.15, 0.2) is 48.5 Å². The average Bonchev–Trinajstić information content (AvgIpc) is 2.61. The second-order valence-corrected chi connectivity index (χ2v) is 5.76. The Bertz CT molecular complexity index is 787. The molecule has 0 saturated heterocycles. The Labute approximate surface area is 149 Å². The van der Waals surface area contributed by atoms with Crippen LogP contribution >= 0.6 is 0 Å². The fourth-order valence-corrected chi connectivity index (χ4v) is 2.34. The highest BCUT2D eigenvalue weighted by atomic mass is 19.1. The van der Waals surface area contributed by atoms with Gasteiger partial charge in [0.2, 0.25) is 5.91 Å². The molecule has 0 saturated carbocycles. The molecule has 7 heteroatoms. The number of phenolic OH excluding ortho intramolecular Hbond substituents is 1. The molecule has 0 radical (unpaired) electrons. The Morgan fingerprint density at radius 2 is 1.58 bits per heavy atom. The number of aromatic hydroxyl groups is 1. The molecule has 0 spiro atoms. The van der Waals surface area contributed by atoms with Gasteiger partial charge in [-0.15, -0.1) is 0 Å². The topological polar surface area (TPSA) is 104 Å². The number of Topliss-reactive ketones (excluding diaryl/α,β-unsaturated/α-hetero) is 1. The SMILES string of the molecule is O=C(CCC(=O)c1ccc(F)cc1)NC(Cc1ccc(O)cc1)C(=O)O. The molecular weight excluding hydrogens is 341 g/mol. The van der Waals surface area contributed by atoms with Gasteiger partial charge in [0.05, 0.1) is 0 Å². The summed E-state index contributed by atoms with van der Waals surface area (Å²) in [5.41, 5.74) is 0.927. The normalized spacial score (nSPS) is 11.6. The summed E-state index contributed by atoms with van der Waals surface area (Å²) in [7, 11) is 0. The largest absolute Gasteiger partial charge is 0.508 e. The maximum atomic E-state index is 12.8. The van der Waals surface area contributed by atoms with Crippen LogP contribution in [0.3, 0.4) is 0 Å². The van der Waals surface area contributed by atoms with E-state index in [2.05, 4.69) is 5.32 Å². The Kier molecular flexibility index (Phi) is 6.43. The third-order valence-electron chi connectivity index (χ3n) is 3.75. The minimum atomic E-state index is -1.20. The van der Waals surface area contributed by atoms with Gasteiger partial charge in [0.15, 0.2) is 5.78 Å². The van der Waals surface area contributed by atoms with Gasteiger partial charge in [-0.2, -0.15) is 0 Å². The van der Waals surface area contributed by atoms with Crippen LogP contribution in [0.1, 0.15) is 28.8 Å². The van der Waals surface area contributed by atoms with Gasteiger partial charge in [-0.25, -0.2) is 9.18 Å². The van der Waals surface area contributed by atoms with Gasteiger partial charge in [0.25, 0.3) is 0 Å². The fraction of sp³-hybridized carbons (Fsp3) is 0.211. The van der Waals surface area contributed by atoms with Gasteiger partial charge >= 0.3 is 5.97 Å². The van der Waals surface area contributed by atoms with E-state index in [0.29, 0.717) is 5.56 Å². The molecule has 3 N–H and O–H groups in total. The minimum Gasteiger partial charge on any atom is -0.508 e. The Hall–Kier alpha value is -3.22. The Balaban J connectivity index is 1.88. The van der Waals surface area contributed by atoms with Gasteiger partial charge < -0.3 is 15.5 Å². The van der Waals surface area contributed by atoms with Gasteiger partial charge in [-0.05, 0) is 42.0 Å². The molecule has 2 rings (SSSR count). The van der Waals surface area contributed by atoms with E-state index in [1.165, 1.54) is 24.3 Å². The summed E-state index contributed by atoms with van der Waals surface area (Å²) in [5.74, 6) is -2.49. The van der Waals surface area contributed by atoms with Gasteiger partial charge in [-0.3, -0.25) is 9.59 Å². The summed E-state index contributed by atoms with van der Waals surface area (Å²) in [4.78, 5) is 35.3. The van der Waals surface area contributed by atoms with E-state index >= 15 is 0 Å². The molecule has 2 aromatic carbocycles. The van der Waals surface area contributed by atoms with Crippen LogP contribution in [-0.2, 0) is 16.0 Å². The number of carboxylic acids is 1. The summed E-state index contributed by atoms with van der Waals surface area (Å²) in [6, 6.07) is 9.82. The first-order chi connectivity index (χ1) is 12.3. The molecule has 2 aromatic rings. The number of benzene rings is 2. The zero-order valence-electron chi connectivity index (χ0n) is 13.8. The standard InChI is InChI=1S/C19H18FNO5/c20-14-5-3-13(4-6-14)17(23)9-10-18(24)21-16(19(25)26)11-12-1-7-15(22)8-2-12/h1-8,16,22H,9-11H2,(H,21,24)(H,25,26). The highest BCUT2D eigenvalue weighted by molar-refractivity contribution is 5.98. The minimum absolute atomic E-state index is 0.0489. The number of carbonyl (C=O) groups excluding carboxylic acids is 2. The summed E-state index contributed by atoms with van der Waals surface area (Å²) in [6.45, 7) is 0. The quantitative estimate of drug-likeness (QED) is 0.628. The van der Waals surface area contributed by atoms with Crippen molar-refractivity contribution in [2.45, 2.75) is 25.3 Å². The van der Waals surface area contributed by atoms with Crippen LogP contribution in [0.4, 0.5) is 4.39 Å². The lowest BCUT2D eigenvalue weighted by Crippen LogP contribution is -2.42. The first-order valence-electron chi connectivity index (χ1n) is 7.94. The number of carbonyl (C=O) groups is 3. The van der Waals surface area contributed by atoms with Crippen molar-refractivity contribution < 1.29 is 29.0 Å². The van der Waals surface area contributed by atoms with E-state index in [-0.39, 0.29) is 36.4 Å². The number of aliphatic carboxylic acids is 1. The Morgan fingerprint density at radius 1 is 0.962 bits per heavy atom.